The first-order chi connectivity index (χ1) is 16.5. The zero-order valence-corrected chi connectivity index (χ0v) is 18.8. The molecule has 0 saturated carbocycles. The Kier molecular flexibility index (Phi) is 5.84. The van der Waals surface area contributed by atoms with Crippen molar-refractivity contribution in [2.45, 2.75) is 31.6 Å². The summed E-state index contributed by atoms with van der Waals surface area (Å²) in [6, 6.07) is 25.7. The summed E-state index contributed by atoms with van der Waals surface area (Å²) in [6.07, 6.45) is 1.07. The van der Waals surface area contributed by atoms with Crippen LogP contribution in [-0.4, -0.2) is 11.7 Å². The van der Waals surface area contributed by atoms with Gasteiger partial charge in [0.15, 0.2) is 5.78 Å². The lowest BCUT2D eigenvalue weighted by atomic mass is 9.71. The fraction of sp³-hybridized carbons (Fsp3) is 0.172. The molecule has 4 nitrogen and oxygen atoms in total. The zero-order chi connectivity index (χ0) is 23.7. The van der Waals surface area contributed by atoms with Gasteiger partial charge >= 0.3 is 0 Å². The van der Waals surface area contributed by atoms with E-state index in [2.05, 4.69) is 22.8 Å². The van der Waals surface area contributed by atoms with Gasteiger partial charge in [-0.1, -0.05) is 72.8 Å². The normalized spacial score (nSPS) is 20.0. The number of ketones is 1. The average molecular weight is 453 g/mol. The first-order valence-corrected chi connectivity index (χ1v) is 11.4. The molecule has 2 atom stereocenters. The van der Waals surface area contributed by atoms with Crippen molar-refractivity contribution in [3.05, 3.63) is 124 Å². The van der Waals surface area contributed by atoms with Gasteiger partial charge in [-0.2, -0.15) is 0 Å². The van der Waals surface area contributed by atoms with E-state index in [9.17, 15) is 14.0 Å². The van der Waals surface area contributed by atoms with Crippen LogP contribution in [0.25, 0.3) is 0 Å². The highest BCUT2D eigenvalue weighted by Gasteiger charge is 2.40. The molecule has 0 saturated heterocycles. The van der Waals surface area contributed by atoms with E-state index in [4.69, 9.17) is 0 Å². The Balaban J connectivity index is 1.56. The summed E-state index contributed by atoms with van der Waals surface area (Å²) < 4.78 is 14.3. The Morgan fingerprint density at radius 3 is 2.18 bits per heavy atom. The van der Waals surface area contributed by atoms with E-state index in [0.717, 1.165) is 16.8 Å². The van der Waals surface area contributed by atoms with Crippen LogP contribution in [0.3, 0.4) is 0 Å². The summed E-state index contributed by atoms with van der Waals surface area (Å²) >= 11 is 0. The molecule has 1 aliphatic carbocycles. The Morgan fingerprint density at radius 2 is 1.50 bits per heavy atom. The average Bonchev–Trinajstić information content (AvgIpc) is 2.85. The highest BCUT2D eigenvalue weighted by Crippen LogP contribution is 2.45. The third-order valence-corrected chi connectivity index (χ3v) is 6.60. The Labute approximate surface area is 198 Å². The third kappa shape index (κ3) is 4.05. The molecule has 0 radical (unpaired) electrons. The SMILES string of the molecule is CC1=C(C(=O)Nc2ccccc2F)[C@@H](c2ccccc2)C2=C(C[C@@H](c3ccccc3)CC2=O)N1. The van der Waals surface area contributed by atoms with E-state index in [1.54, 1.807) is 12.1 Å². The molecule has 5 rings (SSSR count). The molecule has 1 aliphatic heterocycles. The molecular weight excluding hydrogens is 427 g/mol. The predicted molar refractivity (Wildman–Crippen MR) is 130 cm³/mol. The number of halogens is 1. The van der Waals surface area contributed by atoms with Crippen LogP contribution in [0.2, 0.25) is 0 Å². The highest BCUT2D eigenvalue weighted by atomic mass is 19.1. The van der Waals surface area contributed by atoms with E-state index < -0.39 is 17.6 Å². The number of hydrogen-bond acceptors (Lipinski definition) is 3. The topological polar surface area (TPSA) is 58.2 Å². The number of hydrogen-bond donors (Lipinski definition) is 2. The van der Waals surface area contributed by atoms with Crippen molar-refractivity contribution in [1.29, 1.82) is 0 Å². The Bertz CT molecular complexity index is 1310. The molecule has 1 amide bonds. The third-order valence-electron chi connectivity index (χ3n) is 6.60. The standard InChI is InChI=1S/C29H25FN2O2/c1-18-26(29(34)32-23-15-9-8-14-22(23)30)27(20-12-6-3-7-13-20)28-24(31-18)16-21(17-25(28)33)19-10-4-2-5-11-19/h2-15,21,27,31H,16-17H2,1H3,(H,32,34)/t21-,27-/m1/s1. The number of nitrogens with one attached hydrogen (secondary N) is 2. The molecule has 5 heteroatoms. The first-order valence-electron chi connectivity index (χ1n) is 11.4. The monoisotopic (exact) mass is 452 g/mol. The van der Waals surface area contributed by atoms with Crippen LogP contribution < -0.4 is 10.6 Å². The summed E-state index contributed by atoms with van der Waals surface area (Å²) in [6.45, 7) is 1.84. The lowest BCUT2D eigenvalue weighted by Crippen LogP contribution is -2.37. The van der Waals surface area contributed by atoms with Crippen molar-refractivity contribution >= 4 is 17.4 Å². The number of dihydropyridines is 1. The minimum absolute atomic E-state index is 0.0279. The molecule has 1 heterocycles. The Hall–Kier alpha value is -3.99. The van der Waals surface area contributed by atoms with Crippen molar-refractivity contribution < 1.29 is 14.0 Å². The molecule has 170 valence electrons. The number of benzene rings is 3. The van der Waals surface area contributed by atoms with Crippen molar-refractivity contribution in [1.82, 2.24) is 5.32 Å². The second-order valence-corrected chi connectivity index (χ2v) is 8.77. The minimum atomic E-state index is -0.520. The number of allylic oxidation sites excluding steroid dienone is 3. The van der Waals surface area contributed by atoms with E-state index in [1.807, 2.05) is 55.5 Å². The van der Waals surface area contributed by atoms with Crippen molar-refractivity contribution in [3.8, 4) is 0 Å². The maximum absolute atomic E-state index is 14.3. The van der Waals surface area contributed by atoms with Gasteiger partial charge in [-0.05, 0) is 42.5 Å². The number of carbonyl (C=O) groups excluding carboxylic acids is 2. The van der Waals surface area contributed by atoms with Crippen molar-refractivity contribution in [3.63, 3.8) is 0 Å². The molecule has 2 aliphatic rings. The molecule has 0 aromatic heterocycles. The number of anilines is 1. The van der Waals surface area contributed by atoms with Crippen LogP contribution >= 0.6 is 0 Å². The lowest BCUT2D eigenvalue weighted by Gasteiger charge is -2.37. The first kappa shape index (κ1) is 21.8. The van der Waals surface area contributed by atoms with Gasteiger partial charge in [0, 0.05) is 34.9 Å². The van der Waals surface area contributed by atoms with E-state index in [1.165, 1.54) is 12.1 Å². The van der Waals surface area contributed by atoms with Gasteiger partial charge in [0.05, 0.1) is 5.69 Å². The lowest BCUT2D eigenvalue weighted by molar-refractivity contribution is -0.116. The van der Waals surface area contributed by atoms with Gasteiger partial charge in [0.2, 0.25) is 0 Å². The van der Waals surface area contributed by atoms with Gasteiger partial charge in [-0.25, -0.2) is 4.39 Å². The number of rotatable bonds is 4. The van der Waals surface area contributed by atoms with Crippen molar-refractivity contribution in [2.75, 3.05) is 5.32 Å². The maximum Gasteiger partial charge on any atom is 0.254 e. The van der Waals surface area contributed by atoms with Crippen LogP contribution in [0, 0.1) is 5.82 Å². The summed E-state index contributed by atoms with van der Waals surface area (Å²) in [4.78, 5) is 27.0. The molecule has 0 unspecified atom stereocenters. The van der Waals surface area contributed by atoms with Crippen LogP contribution in [0.1, 0.15) is 42.7 Å². The number of para-hydroxylation sites is 1. The molecule has 3 aromatic carbocycles. The summed E-state index contributed by atoms with van der Waals surface area (Å²) in [7, 11) is 0. The fourth-order valence-corrected chi connectivity index (χ4v) is 5.03. The van der Waals surface area contributed by atoms with Gasteiger partial charge in [0.25, 0.3) is 5.91 Å². The summed E-state index contributed by atoms with van der Waals surface area (Å²) in [5, 5.41) is 6.07. The quantitative estimate of drug-likeness (QED) is 0.524. The van der Waals surface area contributed by atoms with Gasteiger partial charge < -0.3 is 10.6 Å². The molecule has 3 aromatic rings. The minimum Gasteiger partial charge on any atom is -0.362 e. The highest BCUT2D eigenvalue weighted by molar-refractivity contribution is 6.10. The molecule has 2 N–H and O–H groups in total. The van der Waals surface area contributed by atoms with E-state index in [0.29, 0.717) is 29.7 Å². The number of amides is 1. The Morgan fingerprint density at radius 1 is 0.882 bits per heavy atom. The van der Waals surface area contributed by atoms with Crippen molar-refractivity contribution in [2.24, 2.45) is 0 Å². The fourth-order valence-electron chi connectivity index (χ4n) is 5.03. The van der Waals surface area contributed by atoms with Gasteiger partial charge in [-0.15, -0.1) is 0 Å². The second kappa shape index (κ2) is 9.10. The molecule has 0 spiro atoms. The molecule has 0 bridgehead atoms. The van der Waals surface area contributed by atoms with Crippen LogP contribution in [0.15, 0.2) is 107 Å². The predicted octanol–water partition coefficient (Wildman–Crippen LogP) is 5.83. The maximum atomic E-state index is 14.3. The molecule has 34 heavy (non-hydrogen) atoms. The van der Waals surface area contributed by atoms with Crippen LogP contribution in [0.5, 0.6) is 0 Å². The summed E-state index contributed by atoms with van der Waals surface area (Å²) in [5.74, 6) is -1.34. The van der Waals surface area contributed by atoms with Crippen LogP contribution in [0.4, 0.5) is 10.1 Å². The van der Waals surface area contributed by atoms with Gasteiger partial charge in [-0.3, -0.25) is 9.59 Å². The van der Waals surface area contributed by atoms with E-state index >= 15 is 0 Å². The number of Topliss-reactive ketones (excluding diaryl/α,β-unsaturated/α-hetero) is 1. The van der Waals surface area contributed by atoms with E-state index in [-0.39, 0.29) is 17.4 Å². The zero-order valence-electron chi connectivity index (χ0n) is 18.8. The summed E-state index contributed by atoms with van der Waals surface area (Å²) in [5.41, 5.74) is 4.69. The number of carbonyl (C=O) groups is 2. The largest absolute Gasteiger partial charge is 0.362 e. The van der Waals surface area contributed by atoms with Crippen LogP contribution in [-0.2, 0) is 9.59 Å². The molecule has 0 fully saturated rings. The smallest absolute Gasteiger partial charge is 0.254 e. The molecular formula is C29H25FN2O2. The van der Waals surface area contributed by atoms with Gasteiger partial charge in [0.1, 0.15) is 5.82 Å². The second-order valence-electron chi connectivity index (χ2n) is 8.77.